The molecule has 3 rings (SSSR count). The standard InChI is InChI=1S/C15H13Cl2NO2/c16-9-1-2-12(17)11(6-9)15-10-7-14(20)13(19)5-8(10)3-4-18-15/h1-2,5-7,15,18-20H,3-4H2. The third kappa shape index (κ3) is 2.33. The van der Waals surface area contributed by atoms with Crippen molar-refractivity contribution in [2.24, 2.45) is 0 Å². The monoisotopic (exact) mass is 309 g/mol. The largest absolute Gasteiger partial charge is 0.504 e. The summed E-state index contributed by atoms with van der Waals surface area (Å²) in [6, 6.07) is 8.37. The molecule has 5 heteroatoms. The van der Waals surface area contributed by atoms with Crippen LogP contribution in [0.4, 0.5) is 0 Å². The molecule has 0 saturated heterocycles. The molecule has 1 aliphatic rings. The highest BCUT2D eigenvalue weighted by Crippen LogP contribution is 2.38. The highest BCUT2D eigenvalue weighted by Gasteiger charge is 2.25. The van der Waals surface area contributed by atoms with Crippen molar-refractivity contribution in [1.29, 1.82) is 0 Å². The second-order valence-corrected chi connectivity index (χ2v) is 5.69. The van der Waals surface area contributed by atoms with Gasteiger partial charge in [-0.2, -0.15) is 0 Å². The molecule has 20 heavy (non-hydrogen) atoms. The lowest BCUT2D eigenvalue weighted by Crippen LogP contribution is -2.30. The van der Waals surface area contributed by atoms with Crippen LogP contribution in [0.1, 0.15) is 22.7 Å². The van der Waals surface area contributed by atoms with Crippen LogP contribution in [0.25, 0.3) is 0 Å². The topological polar surface area (TPSA) is 52.5 Å². The van der Waals surface area contributed by atoms with E-state index in [1.54, 1.807) is 24.3 Å². The van der Waals surface area contributed by atoms with Gasteiger partial charge in [-0.05, 0) is 53.4 Å². The quantitative estimate of drug-likeness (QED) is 0.705. The maximum Gasteiger partial charge on any atom is 0.157 e. The first kappa shape index (κ1) is 13.6. The molecule has 2 aromatic carbocycles. The highest BCUT2D eigenvalue weighted by molar-refractivity contribution is 6.33. The van der Waals surface area contributed by atoms with Gasteiger partial charge >= 0.3 is 0 Å². The summed E-state index contributed by atoms with van der Waals surface area (Å²) < 4.78 is 0. The number of hydrogen-bond donors (Lipinski definition) is 3. The van der Waals surface area contributed by atoms with Crippen molar-refractivity contribution in [1.82, 2.24) is 5.32 Å². The normalized spacial score (nSPS) is 17.8. The minimum absolute atomic E-state index is 0.0957. The number of fused-ring (bicyclic) bond motifs is 1. The first-order valence-electron chi connectivity index (χ1n) is 6.29. The van der Waals surface area contributed by atoms with Crippen LogP contribution in [0.5, 0.6) is 11.5 Å². The van der Waals surface area contributed by atoms with Crippen LogP contribution in [-0.4, -0.2) is 16.8 Å². The van der Waals surface area contributed by atoms with Crippen molar-refractivity contribution in [3.8, 4) is 11.5 Å². The average Bonchev–Trinajstić information content (AvgIpc) is 2.42. The Kier molecular flexibility index (Phi) is 3.50. The molecule has 1 heterocycles. The van der Waals surface area contributed by atoms with E-state index in [-0.39, 0.29) is 17.5 Å². The number of hydrogen-bond acceptors (Lipinski definition) is 3. The van der Waals surface area contributed by atoms with Crippen LogP contribution in [0.15, 0.2) is 30.3 Å². The number of benzene rings is 2. The van der Waals surface area contributed by atoms with Gasteiger partial charge in [0.15, 0.2) is 11.5 Å². The Morgan fingerprint density at radius 1 is 1.00 bits per heavy atom. The second-order valence-electron chi connectivity index (χ2n) is 4.84. The van der Waals surface area contributed by atoms with Crippen molar-refractivity contribution in [2.75, 3.05) is 6.54 Å². The fourth-order valence-corrected chi connectivity index (χ4v) is 3.00. The van der Waals surface area contributed by atoms with E-state index in [0.29, 0.717) is 10.0 Å². The summed E-state index contributed by atoms with van der Waals surface area (Å²) in [6.07, 6.45) is 0.790. The summed E-state index contributed by atoms with van der Waals surface area (Å²) in [6.45, 7) is 0.769. The molecule has 0 saturated carbocycles. The Bertz CT molecular complexity index is 673. The predicted octanol–water partition coefficient (Wildman–Crippen LogP) is 3.64. The molecule has 0 fully saturated rings. The minimum atomic E-state index is -0.142. The van der Waals surface area contributed by atoms with E-state index < -0.39 is 0 Å². The predicted molar refractivity (Wildman–Crippen MR) is 79.8 cm³/mol. The molecule has 104 valence electrons. The molecule has 1 atom stereocenters. The van der Waals surface area contributed by atoms with E-state index in [1.807, 2.05) is 6.07 Å². The Labute approximate surface area is 126 Å². The third-order valence-corrected chi connectivity index (χ3v) is 4.14. The summed E-state index contributed by atoms with van der Waals surface area (Å²) in [7, 11) is 0. The zero-order chi connectivity index (χ0) is 14.3. The number of phenolic OH excluding ortho intramolecular Hbond substituents is 2. The van der Waals surface area contributed by atoms with Crippen LogP contribution in [0, 0.1) is 0 Å². The van der Waals surface area contributed by atoms with E-state index in [2.05, 4.69) is 5.32 Å². The molecule has 3 nitrogen and oxygen atoms in total. The summed E-state index contributed by atoms with van der Waals surface area (Å²) in [5.74, 6) is -0.225. The summed E-state index contributed by atoms with van der Waals surface area (Å²) in [4.78, 5) is 0. The van der Waals surface area contributed by atoms with Crippen LogP contribution in [-0.2, 0) is 6.42 Å². The van der Waals surface area contributed by atoms with Gasteiger partial charge in [-0.3, -0.25) is 0 Å². The second kappa shape index (κ2) is 5.17. The maximum atomic E-state index is 9.73. The van der Waals surface area contributed by atoms with Gasteiger partial charge in [0.05, 0.1) is 6.04 Å². The first-order valence-corrected chi connectivity index (χ1v) is 7.05. The van der Waals surface area contributed by atoms with E-state index in [1.165, 1.54) is 0 Å². The molecule has 0 radical (unpaired) electrons. The highest BCUT2D eigenvalue weighted by atomic mass is 35.5. The molecule has 0 aromatic heterocycles. The lowest BCUT2D eigenvalue weighted by molar-refractivity contribution is 0.400. The van der Waals surface area contributed by atoms with Crippen LogP contribution < -0.4 is 5.32 Å². The number of halogens is 2. The summed E-state index contributed by atoms with van der Waals surface area (Å²) in [5, 5.41) is 23.9. The van der Waals surface area contributed by atoms with E-state index in [0.717, 1.165) is 29.7 Å². The van der Waals surface area contributed by atoms with Crippen molar-refractivity contribution in [3.05, 3.63) is 57.1 Å². The summed E-state index contributed by atoms with van der Waals surface area (Å²) >= 11 is 12.3. The molecule has 1 unspecified atom stereocenters. The number of aromatic hydroxyl groups is 2. The molecule has 0 aliphatic carbocycles. The Morgan fingerprint density at radius 2 is 1.75 bits per heavy atom. The van der Waals surface area contributed by atoms with E-state index in [4.69, 9.17) is 23.2 Å². The van der Waals surface area contributed by atoms with Gasteiger partial charge in [-0.15, -0.1) is 0 Å². The zero-order valence-electron chi connectivity index (χ0n) is 10.5. The maximum absolute atomic E-state index is 9.73. The molecule has 3 N–H and O–H groups in total. The van der Waals surface area contributed by atoms with Crippen molar-refractivity contribution in [2.45, 2.75) is 12.5 Å². The first-order chi connectivity index (χ1) is 9.56. The fraction of sp³-hybridized carbons (Fsp3) is 0.200. The van der Waals surface area contributed by atoms with Gasteiger partial charge in [0.2, 0.25) is 0 Å². The number of rotatable bonds is 1. The SMILES string of the molecule is Oc1cc2c(cc1O)C(c1cc(Cl)ccc1Cl)NCC2. The Balaban J connectivity index is 2.14. The lowest BCUT2D eigenvalue weighted by Gasteiger charge is -2.28. The Morgan fingerprint density at radius 3 is 2.55 bits per heavy atom. The van der Waals surface area contributed by atoms with Crippen LogP contribution >= 0.6 is 23.2 Å². The van der Waals surface area contributed by atoms with Crippen molar-refractivity contribution in [3.63, 3.8) is 0 Å². The van der Waals surface area contributed by atoms with Gasteiger partial charge in [-0.1, -0.05) is 23.2 Å². The minimum Gasteiger partial charge on any atom is -0.504 e. The smallest absolute Gasteiger partial charge is 0.157 e. The molecular formula is C15H13Cl2NO2. The van der Waals surface area contributed by atoms with Gasteiger partial charge < -0.3 is 15.5 Å². The van der Waals surface area contributed by atoms with Crippen molar-refractivity contribution >= 4 is 23.2 Å². The van der Waals surface area contributed by atoms with Gasteiger partial charge in [-0.25, -0.2) is 0 Å². The summed E-state index contributed by atoms with van der Waals surface area (Å²) in [5.41, 5.74) is 2.78. The molecule has 0 spiro atoms. The van der Waals surface area contributed by atoms with Gasteiger partial charge in [0, 0.05) is 16.6 Å². The van der Waals surface area contributed by atoms with Crippen LogP contribution in [0.3, 0.4) is 0 Å². The fourth-order valence-electron chi connectivity index (χ4n) is 2.60. The lowest BCUT2D eigenvalue weighted by atomic mass is 9.89. The number of nitrogens with one attached hydrogen (secondary N) is 1. The molecule has 0 bridgehead atoms. The van der Waals surface area contributed by atoms with Gasteiger partial charge in [0.25, 0.3) is 0 Å². The zero-order valence-corrected chi connectivity index (χ0v) is 12.0. The number of phenols is 2. The average molecular weight is 310 g/mol. The molecular weight excluding hydrogens is 297 g/mol. The van der Waals surface area contributed by atoms with E-state index in [9.17, 15) is 10.2 Å². The Hall–Kier alpha value is -1.42. The third-order valence-electron chi connectivity index (χ3n) is 3.56. The van der Waals surface area contributed by atoms with E-state index >= 15 is 0 Å². The molecule has 1 aliphatic heterocycles. The molecule has 0 amide bonds. The molecule has 2 aromatic rings. The van der Waals surface area contributed by atoms with Gasteiger partial charge in [0.1, 0.15) is 0 Å². The van der Waals surface area contributed by atoms with Crippen molar-refractivity contribution < 1.29 is 10.2 Å². The van der Waals surface area contributed by atoms with Crippen LogP contribution in [0.2, 0.25) is 10.0 Å².